The molecule has 0 atom stereocenters. The molecule has 18 rings (SSSR count). The van der Waals surface area contributed by atoms with Crippen molar-refractivity contribution in [1.29, 1.82) is 0 Å². The van der Waals surface area contributed by atoms with Crippen LogP contribution in [0.25, 0.3) is 91.9 Å². The van der Waals surface area contributed by atoms with Crippen molar-refractivity contribution in [2.45, 2.75) is 6.54 Å². The van der Waals surface area contributed by atoms with E-state index < -0.39 is 0 Å². The molecule has 0 saturated heterocycles. The number of rotatable bonds is 16. The molecule has 124 heavy (non-hydrogen) atoms. The highest BCUT2D eigenvalue weighted by Gasteiger charge is 2.30. The average molecular weight is 1750 g/mol. The van der Waals surface area contributed by atoms with Gasteiger partial charge in [-0.05, 0) is 212 Å². The summed E-state index contributed by atoms with van der Waals surface area (Å²) in [5.74, 6) is 3.84. The summed E-state index contributed by atoms with van der Waals surface area (Å²) >= 11 is 25.9. The number of furan rings is 4. The Bertz CT molecular complexity index is 6610. The second kappa shape index (κ2) is 37.4. The minimum Gasteiger partial charge on any atom is -0.457 e. The van der Waals surface area contributed by atoms with E-state index in [1.807, 2.05) is 97.9 Å². The normalized spacial score (nSPS) is 14.4. The smallest absolute Gasteiger partial charge is 0.277 e. The molecule has 9 heterocycles. The lowest BCUT2D eigenvalue weighted by molar-refractivity contribution is -0.111. The zero-order chi connectivity index (χ0) is 87.0. The van der Waals surface area contributed by atoms with Gasteiger partial charge in [0.15, 0.2) is 5.17 Å². The Hall–Kier alpha value is -14.2. The van der Waals surface area contributed by atoms with Gasteiger partial charge in [0.05, 0.1) is 35.9 Å². The molecule has 0 fully saturated rings. The second-order valence-electron chi connectivity index (χ2n) is 28.9. The van der Waals surface area contributed by atoms with Crippen molar-refractivity contribution >= 4 is 186 Å². The van der Waals surface area contributed by atoms with Gasteiger partial charge in [-0.15, -0.1) is 0 Å². The number of anilines is 5. The lowest BCUT2D eigenvalue weighted by Crippen LogP contribution is -2.27. The van der Waals surface area contributed by atoms with Crippen LogP contribution in [0.2, 0.25) is 20.1 Å². The summed E-state index contributed by atoms with van der Waals surface area (Å²) in [7, 11) is 10.4. The molecule has 9 aromatic carbocycles. The number of amidine groups is 1. The fraction of sp³-hybridized carbons (Fsp3) is 0.0938. The van der Waals surface area contributed by atoms with Crippen molar-refractivity contribution in [3.8, 4) is 45.3 Å². The first kappa shape index (κ1) is 84.8. The van der Waals surface area contributed by atoms with E-state index in [0.717, 1.165) is 90.2 Å². The molecule has 620 valence electrons. The summed E-state index contributed by atoms with van der Waals surface area (Å²) in [5.41, 5.74) is 15.1. The summed E-state index contributed by atoms with van der Waals surface area (Å²) in [4.78, 5) is 112. The molecule has 0 aliphatic carbocycles. The molecular formula is C96H74Cl4N10O13S. The van der Waals surface area contributed by atoms with E-state index in [1.54, 1.807) is 209 Å². The molecule has 0 unspecified atom stereocenters. The fourth-order valence-electron chi connectivity index (χ4n) is 13.7. The van der Waals surface area contributed by atoms with Crippen LogP contribution in [0.15, 0.2) is 265 Å². The number of aliphatic imine (C=N–C) groups is 1. The SMILES string of the molecule is CN(C)C(=O)c1cccc(-c2ccc(/C=C3/C(=O)Nc4ccc(Cl)cc43)o2)c1.CN(C)c1ccc(CNC(=O)c2cccc(-c3ccc(/C=C4/C(=O)Nc5ccc(Cl)cc54)o3)c2)cc1.CON(C)C(=O)c1cccc(-c2ccc(/C=C3/C(=O)Nc4ccc(Cl)cc43)o2)c1.O=C1Nc2ccc(Cl)cc2/C1=C\c1ccc(-c2cccc(C(=O)NC3=NCCS3)c2)o1. The van der Waals surface area contributed by atoms with E-state index in [-0.39, 0.29) is 47.3 Å². The quantitative estimate of drug-likeness (QED) is 0.0387. The first-order valence-electron chi connectivity index (χ1n) is 38.5. The number of hydrogen-bond donors (Lipinski definition) is 6. The van der Waals surface area contributed by atoms with Crippen LogP contribution in [-0.2, 0) is 30.6 Å². The van der Waals surface area contributed by atoms with E-state index in [1.165, 1.54) is 23.8 Å². The van der Waals surface area contributed by atoms with Gasteiger partial charge in [-0.1, -0.05) is 119 Å². The van der Waals surface area contributed by atoms with Gasteiger partial charge in [0.2, 0.25) is 0 Å². The Balaban J connectivity index is 0.000000129. The number of nitrogens with zero attached hydrogens (tertiary/aromatic N) is 4. The Morgan fingerprint density at radius 3 is 1.09 bits per heavy atom. The highest BCUT2D eigenvalue weighted by Crippen LogP contribution is 2.41. The number of carbonyl (C=O) groups excluding carboxylic acids is 8. The molecule has 0 spiro atoms. The van der Waals surface area contributed by atoms with Crippen LogP contribution in [0.4, 0.5) is 28.4 Å². The molecule has 28 heteroatoms. The summed E-state index contributed by atoms with van der Waals surface area (Å²) in [6.07, 6.45) is 6.75. The van der Waals surface area contributed by atoms with Gasteiger partial charge >= 0.3 is 0 Å². The molecule has 8 amide bonds. The van der Waals surface area contributed by atoms with Crippen LogP contribution in [0.1, 0.15) is 92.3 Å². The second-order valence-corrected chi connectivity index (χ2v) is 31.7. The third-order valence-electron chi connectivity index (χ3n) is 20.0. The van der Waals surface area contributed by atoms with Crippen LogP contribution < -0.4 is 36.8 Å². The van der Waals surface area contributed by atoms with Gasteiger partial charge in [0, 0.05) is 163 Å². The fourth-order valence-corrected chi connectivity index (χ4v) is 15.1. The number of carbonyl (C=O) groups is 8. The molecule has 5 aliphatic heterocycles. The van der Waals surface area contributed by atoms with Gasteiger partial charge in [-0.2, -0.15) is 0 Å². The van der Waals surface area contributed by atoms with Crippen molar-refractivity contribution in [2.75, 3.05) is 80.8 Å². The van der Waals surface area contributed by atoms with Crippen molar-refractivity contribution < 1.29 is 60.9 Å². The van der Waals surface area contributed by atoms with Crippen LogP contribution in [0.3, 0.4) is 0 Å². The third kappa shape index (κ3) is 19.7. The summed E-state index contributed by atoms with van der Waals surface area (Å²) in [6, 6.07) is 72.2. The van der Waals surface area contributed by atoms with Crippen LogP contribution in [0, 0.1) is 0 Å². The number of amides is 8. The van der Waals surface area contributed by atoms with Gasteiger partial charge in [-0.3, -0.25) is 48.2 Å². The Labute approximate surface area is 735 Å². The van der Waals surface area contributed by atoms with Crippen molar-refractivity contribution in [2.24, 2.45) is 4.99 Å². The van der Waals surface area contributed by atoms with Crippen molar-refractivity contribution in [1.82, 2.24) is 20.6 Å². The van der Waals surface area contributed by atoms with Crippen LogP contribution >= 0.6 is 58.2 Å². The highest BCUT2D eigenvalue weighted by atomic mass is 35.5. The zero-order valence-corrected chi connectivity index (χ0v) is 70.9. The average Bonchev–Trinajstić information content (AvgIpc) is 1.66. The maximum Gasteiger partial charge on any atom is 0.277 e. The van der Waals surface area contributed by atoms with Crippen molar-refractivity contribution in [3.05, 3.63) is 336 Å². The maximum atomic E-state index is 12.8. The van der Waals surface area contributed by atoms with Gasteiger partial charge in [0.25, 0.3) is 47.3 Å². The number of hydrogen-bond acceptors (Lipinski definition) is 16. The van der Waals surface area contributed by atoms with Crippen molar-refractivity contribution in [3.63, 3.8) is 0 Å². The molecule has 0 bridgehead atoms. The lowest BCUT2D eigenvalue weighted by atomic mass is 10.1. The summed E-state index contributed by atoms with van der Waals surface area (Å²) < 4.78 is 23.7. The predicted molar refractivity (Wildman–Crippen MR) is 490 cm³/mol. The number of nitrogens with one attached hydrogen (secondary N) is 6. The molecule has 0 radical (unpaired) electrons. The topological polar surface area (TPSA) is 293 Å². The monoisotopic (exact) mass is 1750 g/mol. The molecule has 4 aromatic heterocycles. The van der Waals surface area contributed by atoms with Gasteiger partial charge in [-0.25, -0.2) is 5.06 Å². The number of benzene rings is 9. The van der Waals surface area contributed by atoms with E-state index in [9.17, 15) is 38.4 Å². The maximum absolute atomic E-state index is 12.8. The molecule has 13 aromatic rings. The molecule has 0 saturated carbocycles. The molecule has 23 nitrogen and oxygen atoms in total. The van der Waals surface area contributed by atoms with Crippen LogP contribution in [-0.4, -0.2) is 117 Å². The van der Waals surface area contributed by atoms with Gasteiger partial charge in [0.1, 0.15) is 46.1 Å². The highest BCUT2D eigenvalue weighted by molar-refractivity contribution is 8.14. The van der Waals surface area contributed by atoms with Gasteiger partial charge < -0.3 is 59.4 Å². The third-order valence-corrected chi connectivity index (χ3v) is 21.8. The number of fused-ring (bicyclic) bond motifs is 4. The summed E-state index contributed by atoms with van der Waals surface area (Å²) in [6.45, 7) is 1.16. The number of hydroxylamine groups is 2. The largest absolute Gasteiger partial charge is 0.457 e. The molecule has 6 N–H and O–H groups in total. The Morgan fingerprint density at radius 2 is 0.758 bits per heavy atom. The molecule has 5 aliphatic rings. The zero-order valence-electron chi connectivity index (χ0n) is 67.0. The van der Waals surface area contributed by atoms with E-state index in [4.69, 9.17) is 68.9 Å². The van der Waals surface area contributed by atoms with E-state index >= 15 is 0 Å². The van der Waals surface area contributed by atoms with Crippen LogP contribution in [0.5, 0.6) is 0 Å². The minimum atomic E-state index is -0.264. The van der Waals surface area contributed by atoms with E-state index in [2.05, 4.69) is 36.9 Å². The standard InChI is InChI=1S/C29H24ClN3O3.C23H16ClN3O3S.C22H17ClN2O4.C22H17ClN2O3/c1-33(2)22-9-6-18(7-10-22)17-31-28(34)20-5-3-4-19(14-20)27-13-11-23(36-27)16-25-24-15-21(30)8-12-26(24)32-29(25)35;24-15-4-6-19-17(11-15)18(22(29)26-19)12-16-5-7-20(30-16)13-2-1-3-14(10-13)21(28)27-23-25-8-9-31-23;1-25(28-2)22(27)14-5-3-4-13(10-14)20-9-7-16(29-20)12-18-17-11-15(23)6-8-19(17)24-21(18)26;1-25(2)22(27)14-5-3-4-13(10-14)20-9-7-16(28-20)12-18-17-11-15(23)6-8-19(17)24-21(18)26/h3-16H,17H2,1-2H3,(H,31,34)(H,32,35);1-7,10-12H,8-9H2,(H,26,29)(H,25,27,28);3-12H,1-2H3,(H,24,26);3-12H,1-2H3,(H,24,26)/b25-16+;3*18-12+. The first-order valence-corrected chi connectivity index (χ1v) is 41.0. The number of thioether (sulfide) groups is 1. The Morgan fingerprint density at radius 1 is 0.419 bits per heavy atom. The molecular weight excluding hydrogens is 1670 g/mol. The van der Waals surface area contributed by atoms with E-state index in [0.29, 0.717) is 128 Å². The first-order chi connectivity index (χ1) is 59.8. The minimum absolute atomic E-state index is 0.0770. The summed E-state index contributed by atoms with van der Waals surface area (Å²) in [5, 5.41) is 21.1. The number of halogens is 4. The Kier molecular flexibility index (Phi) is 25.6. The predicted octanol–water partition coefficient (Wildman–Crippen LogP) is 20.5. The lowest BCUT2D eigenvalue weighted by Gasteiger charge is -2.13.